The largest absolute Gasteiger partial charge is 0.490 e. The van der Waals surface area contributed by atoms with Crippen molar-refractivity contribution in [3.63, 3.8) is 0 Å². The van der Waals surface area contributed by atoms with E-state index in [4.69, 9.17) is 4.74 Å². The Labute approximate surface area is 175 Å². The van der Waals surface area contributed by atoms with Crippen LogP contribution >= 0.6 is 0 Å². The van der Waals surface area contributed by atoms with Gasteiger partial charge in [0.25, 0.3) is 5.91 Å². The summed E-state index contributed by atoms with van der Waals surface area (Å²) >= 11 is 0. The summed E-state index contributed by atoms with van der Waals surface area (Å²) < 4.78 is 18.9. The number of nitrogens with one attached hydrogen (secondary N) is 1. The number of benzene rings is 1. The molecule has 0 aromatic heterocycles. The minimum absolute atomic E-state index is 0.0532. The van der Waals surface area contributed by atoms with Gasteiger partial charge < -0.3 is 15.0 Å². The number of hydrogen-bond acceptors (Lipinski definition) is 4. The van der Waals surface area contributed by atoms with Crippen LogP contribution in [0.5, 0.6) is 5.75 Å². The molecule has 2 heterocycles. The summed E-state index contributed by atoms with van der Waals surface area (Å²) in [5.74, 6) is -0.121. The number of ether oxygens (including phenoxy) is 1. The van der Waals surface area contributed by atoms with Crippen LogP contribution < -0.4 is 10.1 Å². The van der Waals surface area contributed by atoms with E-state index in [-0.39, 0.29) is 36.2 Å². The van der Waals surface area contributed by atoms with Crippen LogP contribution in [0.1, 0.15) is 45.4 Å². The lowest BCUT2D eigenvalue weighted by molar-refractivity contribution is -0.141. The summed E-state index contributed by atoms with van der Waals surface area (Å²) in [5, 5.41) is 2.89. The molecule has 0 radical (unpaired) electrons. The molecule has 4 amide bonds. The van der Waals surface area contributed by atoms with Gasteiger partial charge in [0, 0.05) is 25.9 Å². The zero-order valence-corrected chi connectivity index (χ0v) is 17.2. The van der Waals surface area contributed by atoms with Gasteiger partial charge in [0.1, 0.15) is 29.8 Å². The lowest BCUT2D eigenvalue weighted by atomic mass is 9.73. The minimum Gasteiger partial charge on any atom is -0.490 e. The number of carbonyl (C=O) groups is 3. The van der Waals surface area contributed by atoms with E-state index < -0.39 is 11.6 Å². The van der Waals surface area contributed by atoms with Crippen LogP contribution in [0.2, 0.25) is 0 Å². The maximum Gasteiger partial charge on any atom is 0.325 e. The second-order valence-electron chi connectivity index (χ2n) is 8.59. The Bertz CT molecular complexity index is 822. The molecule has 1 aliphatic carbocycles. The Hall–Kier alpha value is -2.64. The molecular formula is C22H28FN3O4. The van der Waals surface area contributed by atoms with E-state index in [1.54, 1.807) is 17.0 Å². The number of nitrogens with zero attached hydrogens (tertiary/aromatic N) is 2. The standard InChI is InChI=1S/C22H28FN3O4/c1-15-4-2-3-11-22(15)20(28)26(21(29)24-22)14-19(27)25-12-9-18(10-13-25)30-17-7-5-16(23)6-8-17/h5-8,15,18H,2-4,9-14H2,1H3,(H,24,29)/t15-,22-/m0/s1. The highest BCUT2D eigenvalue weighted by Crippen LogP contribution is 2.38. The van der Waals surface area contributed by atoms with Crippen molar-refractivity contribution in [3.8, 4) is 5.75 Å². The third kappa shape index (κ3) is 3.87. The van der Waals surface area contributed by atoms with Crippen molar-refractivity contribution in [1.82, 2.24) is 15.1 Å². The van der Waals surface area contributed by atoms with E-state index in [1.165, 1.54) is 12.1 Å². The highest BCUT2D eigenvalue weighted by Gasteiger charge is 2.55. The van der Waals surface area contributed by atoms with Crippen molar-refractivity contribution in [2.75, 3.05) is 19.6 Å². The number of hydrogen-bond donors (Lipinski definition) is 1. The van der Waals surface area contributed by atoms with Gasteiger partial charge in [0.2, 0.25) is 5.91 Å². The zero-order valence-electron chi connectivity index (χ0n) is 17.2. The van der Waals surface area contributed by atoms with Gasteiger partial charge in [-0.25, -0.2) is 9.18 Å². The molecule has 1 spiro atoms. The van der Waals surface area contributed by atoms with Crippen molar-refractivity contribution >= 4 is 17.8 Å². The molecule has 2 atom stereocenters. The molecule has 3 fully saturated rings. The molecule has 1 aromatic rings. The van der Waals surface area contributed by atoms with E-state index in [2.05, 4.69) is 5.32 Å². The second-order valence-corrected chi connectivity index (χ2v) is 8.59. The number of likely N-dealkylation sites (tertiary alicyclic amines) is 1. The molecule has 8 heteroatoms. The molecule has 0 unspecified atom stereocenters. The molecule has 3 aliphatic rings. The Morgan fingerprint density at radius 3 is 2.53 bits per heavy atom. The van der Waals surface area contributed by atoms with Crippen molar-refractivity contribution in [1.29, 1.82) is 0 Å². The molecule has 162 valence electrons. The molecule has 2 aliphatic heterocycles. The number of imide groups is 1. The number of urea groups is 1. The molecule has 0 bridgehead atoms. The average Bonchev–Trinajstić information content (AvgIpc) is 2.97. The van der Waals surface area contributed by atoms with Gasteiger partial charge in [0.05, 0.1) is 0 Å². The van der Waals surface area contributed by atoms with Crippen LogP contribution in [0.25, 0.3) is 0 Å². The zero-order chi connectivity index (χ0) is 21.3. The first kappa shape index (κ1) is 20.6. The topological polar surface area (TPSA) is 79.0 Å². The lowest BCUT2D eigenvalue weighted by Crippen LogP contribution is -2.54. The number of carbonyl (C=O) groups excluding carboxylic acids is 3. The molecule has 1 saturated carbocycles. The lowest BCUT2D eigenvalue weighted by Gasteiger charge is -2.37. The molecule has 1 aromatic carbocycles. The van der Waals surface area contributed by atoms with Crippen LogP contribution in [0, 0.1) is 11.7 Å². The third-order valence-electron chi connectivity index (χ3n) is 6.71. The van der Waals surface area contributed by atoms with Crippen molar-refractivity contribution < 1.29 is 23.5 Å². The maximum atomic E-state index is 13.0. The summed E-state index contributed by atoms with van der Waals surface area (Å²) in [4.78, 5) is 41.0. The second kappa shape index (κ2) is 8.24. The molecule has 1 N–H and O–H groups in total. The first-order chi connectivity index (χ1) is 14.4. The normalized spacial score (nSPS) is 27.5. The number of halogens is 1. The predicted octanol–water partition coefficient (Wildman–Crippen LogP) is 2.70. The highest BCUT2D eigenvalue weighted by atomic mass is 19.1. The van der Waals surface area contributed by atoms with Gasteiger partial charge >= 0.3 is 6.03 Å². The first-order valence-corrected chi connectivity index (χ1v) is 10.7. The summed E-state index contributed by atoms with van der Waals surface area (Å²) in [6, 6.07) is 5.42. The van der Waals surface area contributed by atoms with Crippen LogP contribution in [-0.4, -0.2) is 58.9 Å². The SMILES string of the molecule is C[C@H]1CCCC[C@]12NC(=O)N(CC(=O)N1CCC(Oc3ccc(F)cc3)CC1)C2=O. The van der Waals surface area contributed by atoms with E-state index in [1.807, 2.05) is 6.92 Å². The fraction of sp³-hybridized carbons (Fsp3) is 0.591. The van der Waals surface area contributed by atoms with Crippen LogP contribution in [0.3, 0.4) is 0 Å². The van der Waals surface area contributed by atoms with Gasteiger partial charge in [-0.3, -0.25) is 14.5 Å². The average molecular weight is 417 g/mol. The molecular weight excluding hydrogens is 389 g/mol. The van der Waals surface area contributed by atoms with Gasteiger partial charge in [-0.1, -0.05) is 19.8 Å². The maximum absolute atomic E-state index is 13.0. The molecule has 2 saturated heterocycles. The number of rotatable bonds is 4. The Balaban J connectivity index is 1.31. The molecule has 30 heavy (non-hydrogen) atoms. The number of amides is 4. The van der Waals surface area contributed by atoms with E-state index in [0.717, 1.165) is 24.2 Å². The van der Waals surface area contributed by atoms with Gasteiger partial charge in [0.15, 0.2) is 0 Å². The van der Waals surface area contributed by atoms with Crippen molar-refractivity contribution in [2.45, 2.75) is 57.1 Å². The fourth-order valence-corrected chi connectivity index (χ4v) is 4.80. The Morgan fingerprint density at radius 2 is 1.87 bits per heavy atom. The summed E-state index contributed by atoms with van der Waals surface area (Å²) in [6.45, 7) is 2.77. The minimum atomic E-state index is -0.842. The quantitative estimate of drug-likeness (QED) is 0.764. The van der Waals surface area contributed by atoms with Crippen molar-refractivity contribution in [2.24, 2.45) is 5.92 Å². The summed E-state index contributed by atoms with van der Waals surface area (Å²) in [5.41, 5.74) is -0.842. The van der Waals surface area contributed by atoms with E-state index in [9.17, 15) is 18.8 Å². The Kier molecular flexibility index (Phi) is 5.66. The van der Waals surface area contributed by atoms with Gasteiger partial charge in [-0.15, -0.1) is 0 Å². The van der Waals surface area contributed by atoms with Crippen LogP contribution in [0.4, 0.5) is 9.18 Å². The summed E-state index contributed by atoms with van der Waals surface area (Å²) in [7, 11) is 0. The van der Waals surface area contributed by atoms with Crippen LogP contribution in [-0.2, 0) is 9.59 Å². The molecule has 7 nitrogen and oxygen atoms in total. The van der Waals surface area contributed by atoms with E-state index >= 15 is 0 Å². The predicted molar refractivity (Wildman–Crippen MR) is 107 cm³/mol. The van der Waals surface area contributed by atoms with Crippen molar-refractivity contribution in [3.05, 3.63) is 30.1 Å². The smallest absolute Gasteiger partial charge is 0.325 e. The Morgan fingerprint density at radius 1 is 1.17 bits per heavy atom. The monoisotopic (exact) mass is 417 g/mol. The number of piperidine rings is 1. The fourth-order valence-electron chi connectivity index (χ4n) is 4.80. The highest BCUT2D eigenvalue weighted by molar-refractivity contribution is 6.09. The first-order valence-electron chi connectivity index (χ1n) is 10.7. The van der Waals surface area contributed by atoms with Gasteiger partial charge in [-0.2, -0.15) is 0 Å². The van der Waals surface area contributed by atoms with E-state index in [0.29, 0.717) is 38.1 Å². The summed E-state index contributed by atoms with van der Waals surface area (Å²) in [6.07, 6.45) is 4.72. The molecule has 4 rings (SSSR count). The van der Waals surface area contributed by atoms with Gasteiger partial charge in [-0.05, 0) is 43.0 Å². The third-order valence-corrected chi connectivity index (χ3v) is 6.71. The van der Waals surface area contributed by atoms with Crippen LogP contribution in [0.15, 0.2) is 24.3 Å².